The SMILES string of the molecule is CCCCCCCCCCCCCCCCCCC/C=C/C(O)C(CO)NC(=O)CCCCCCCCCCC/C=C\C/C=C\CCCCCCCCCCCOC(=O)CCCCCCCCCCCCCCCCCCC. The largest absolute Gasteiger partial charge is 0.466 e. The smallest absolute Gasteiger partial charge is 0.305 e. The Morgan fingerprint density at radius 2 is 0.641 bits per heavy atom. The van der Waals surface area contributed by atoms with E-state index in [4.69, 9.17) is 4.74 Å². The summed E-state index contributed by atoms with van der Waals surface area (Å²) in [6.45, 7) is 4.94. The van der Waals surface area contributed by atoms with Crippen LogP contribution in [-0.4, -0.2) is 47.4 Å². The van der Waals surface area contributed by atoms with Crippen LogP contribution >= 0.6 is 0 Å². The van der Waals surface area contributed by atoms with Crippen LogP contribution in [0.1, 0.15) is 386 Å². The van der Waals surface area contributed by atoms with Crippen LogP contribution in [0.4, 0.5) is 0 Å². The second-order valence-corrected chi connectivity index (χ2v) is 24.2. The lowest BCUT2D eigenvalue weighted by Gasteiger charge is -2.20. The van der Waals surface area contributed by atoms with Crippen molar-refractivity contribution in [3.05, 3.63) is 36.5 Å². The number of hydrogen-bond acceptors (Lipinski definition) is 5. The molecule has 0 aliphatic rings. The Kier molecular flexibility index (Phi) is 65.9. The number of aliphatic hydroxyl groups excluding tert-OH is 2. The highest BCUT2D eigenvalue weighted by molar-refractivity contribution is 5.76. The molecule has 6 nitrogen and oxygen atoms in total. The van der Waals surface area contributed by atoms with E-state index in [1.54, 1.807) is 6.08 Å². The van der Waals surface area contributed by atoms with Crippen molar-refractivity contribution in [2.24, 2.45) is 0 Å². The summed E-state index contributed by atoms with van der Waals surface area (Å²) in [6.07, 6.45) is 86.4. The first-order chi connectivity index (χ1) is 38.5. The molecule has 0 radical (unpaired) electrons. The second kappa shape index (κ2) is 67.6. The maximum Gasteiger partial charge on any atom is 0.305 e. The Balaban J connectivity index is 3.44. The lowest BCUT2D eigenvalue weighted by Crippen LogP contribution is -2.45. The number of allylic oxidation sites excluding steroid dienone is 5. The van der Waals surface area contributed by atoms with Crippen LogP contribution in [0, 0.1) is 0 Å². The van der Waals surface area contributed by atoms with Gasteiger partial charge in [-0.2, -0.15) is 0 Å². The zero-order valence-corrected chi connectivity index (χ0v) is 52.7. The quantitative estimate of drug-likeness (QED) is 0.0320. The lowest BCUT2D eigenvalue weighted by molar-refractivity contribution is -0.143. The number of carbonyl (C=O) groups excluding carboxylic acids is 2. The van der Waals surface area contributed by atoms with E-state index in [2.05, 4.69) is 43.5 Å². The lowest BCUT2D eigenvalue weighted by atomic mass is 10.0. The van der Waals surface area contributed by atoms with Gasteiger partial charge in [0.05, 0.1) is 25.4 Å². The van der Waals surface area contributed by atoms with E-state index >= 15 is 0 Å². The topological polar surface area (TPSA) is 95.9 Å². The third-order valence-electron chi connectivity index (χ3n) is 16.4. The number of amides is 1. The van der Waals surface area contributed by atoms with Crippen molar-refractivity contribution in [1.82, 2.24) is 5.32 Å². The molecular formula is C72H137NO5. The van der Waals surface area contributed by atoms with E-state index in [0.29, 0.717) is 19.4 Å². The average molecular weight is 1100 g/mol. The summed E-state index contributed by atoms with van der Waals surface area (Å²) in [6, 6.07) is -0.634. The molecule has 3 N–H and O–H groups in total. The van der Waals surface area contributed by atoms with Crippen LogP contribution in [0.3, 0.4) is 0 Å². The third-order valence-corrected chi connectivity index (χ3v) is 16.4. The number of ether oxygens (including phenoxy) is 1. The second-order valence-electron chi connectivity index (χ2n) is 24.2. The first kappa shape index (κ1) is 76.1. The van der Waals surface area contributed by atoms with Gasteiger partial charge in [0.25, 0.3) is 0 Å². The minimum Gasteiger partial charge on any atom is -0.466 e. The van der Waals surface area contributed by atoms with Crippen molar-refractivity contribution in [3.63, 3.8) is 0 Å². The summed E-state index contributed by atoms with van der Waals surface area (Å²) in [7, 11) is 0. The molecule has 0 spiro atoms. The fourth-order valence-corrected chi connectivity index (χ4v) is 11.0. The Morgan fingerprint density at radius 3 is 0.974 bits per heavy atom. The van der Waals surface area contributed by atoms with Gasteiger partial charge < -0.3 is 20.3 Å². The molecule has 460 valence electrons. The molecule has 0 heterocycles. The minimum atomic E-state index is -0.850. The van der Waals surface area contributed by atoms with Gasteiger partial charge in [-0.15, -0.1) is 0 Å². The van der Waals surface area contributed by atoms with E-state index in [9.17, 15) is 19.8 Å². The number of rotatable bonds is 66. The molecule has 2 unspecified atom stereocenters. The summed E-state index contributed by atoms with van der Waals surface area (Å²) >= 11 is 0. The average Bonchev–Trinajstić information content (AvgIpc) is 3.44. The number of nitrogens with one attached hydrogen (secondary N) is 1. The van der Waals surface area contributed by atoms with Gasteiger partial charge in [0.1, 0.15) is 0 Å². The zero-order chi connectivity index (χ0) is 56.4. The Hall–Kier alpha value is -1.92. The molecule has 0 saturated carbocycles. The van der Waals surface area contributed by atoms with Crippen molar-refractivity contribution in [2.75, 3.05) is 13.2 Å². The molecule has 0 saturated heterocycles. The Labute approximate surface area is 487 Å². The third kappa shape index (κ3) is 63.3. The number of aliphatic hydroxyl groups is 2. The van der Waals surface area contributed by atoms with Gasteiger partial charge >= 0.3 is 5.97 Å². The van der Waals surface area contributed by atoms with Crippen LogP contribution in [0.15, 0.2) is 36.5 Å². The molecule has 0 aromatic carbocycles. The Morgan fingerprint density at radius 1 is 0.359 bits per heavy atom. The van der Waals surface area contributed by atoms with Crippen LogP contribution in [0.2, 0.25) is 0 Å². The zero-order valence-electron chi connectivity index (χ0n) is 52.7. The number of hydrogen-bond donors (Lipinski definition) is 3. The first-order valence-corrected chi connectivity index (χ1v) is 35.3. The molecule has 0 rings (SSSR count). The van der Waals surface area contributed by atoms with E-state index in [0.717, 1.165) is 44.9 Å². The molecule has 6 heteroatoms. The number of esters is 1. The molecule has 0 fully saturated rings. The highest BCUT2D eigenvalue weighted by atomic mass is 16.5. The predicted molar refractivity (Wildman–Crippen MR) is 343 cm³/mol. The molecule has 0 aliphatic heterocycles. The fourth-order valence-electron chi connectivity index (χ4n) is 11.0. The number of unbranched alkanes of at least 4 members (excludes halogenated alkanes) is 51. The standard InChI is InChI=1S/C72H137NO5/c1-3-5-7-9-11-13-15-17-19-21-29-33-36-40-44-48-52-56-60-64-70(75)69(68-74)73-71(76)65-61-57-53-49-45-41-37-34-30-27-25-23-22-24-26-28-31-35-39-43-47-51-55-59-63-67-78-72(77)66-62-58-54-50-46-42-38-32-20-18-16-14-12-10-8-6-4-2/h23-26,60,64,69-70,74-75H,3-22,27-59,61-63,65-68H2,1-2H3,(H,73,76)/b25-23-,26-24-,64-60+. The van der Waals surface area contributed by atoms with Crippen molar-refractivity contribution in [3.8, 4) is 0 Å². The van der Waals surface area contributed by atoms with Crippen molar-refractivity contribution >= 4 is 11.9 Å². The van der Waals surface area contributed by atoms with Crippen molar-refractivity contribution in [1.29, 1.82) is 0 Å². The van der Waals surface area contributed by atoms with Gasteiger partial charge in [0.2, 0.25) is 5.91 Å². The summed E-state index contributed by atoms with van der Waals surface area (Å²) < 4.78 is 5.50. The van der Waals surface area contributed by atoms with Gasteiger partial charge in [-0.1, -0.05) is 346 Å². The summed E-state index contributed by atoms with van der Waals surface area (Å²) in [5, 5.41) is 23.2. The van der Waals surface area contributed by atoms with Gasteiger partial charge in [0.15, 0.2) is 0 Å². The maximum absolute atomic E-state index is 12.5. The monoisotopic (exact) mass is 1100 g/mol. The molecule has 0 aromatic rings. The predicted octanol–water partition coefficient (Wildman–Crippen LogP) is 22.7. The first-order valence-electron chi connectivity index (χ1n) is 35.3. The molecule has 0 bridgehead atoms. The molecule has 0 aliphatic carbocycles. The molecule has 78 heavy (non-hydrogen) atoms. The van der Waals surface area contributed by atoms with Crippen LogP contribution in [0.5, 0.6) is 0 Å². The highest BCUT2D eigenvalue weighted by Gasteiger charge is 2.18. The van der Waals surface area contributed by atoms with Gasteiger partial charge in [-0.3, -0.25) is 9.59 Å². The van der Waals surface area contributed by atoms with Gasteiger partial charge in [-0.05, 0) is 64.2 Å². The van der Waals surface area contributed by atoms with Crippen LogP contribution < -0.4 is 5.32 Å². The van der Waals surface area contributed by atoms with E-state index in [1.165, 1.54) is 315 Å². The highest BCUT2D eigenvalue weighted by Crippen LogP contribution is 2.18. The molecule has 0 aromatic heterocycles. The Bertz CT molecular complexity index is 1260. The van der Waals surface area contributed by atoms with Crippen molar-refractivity contribution < 1.29 is 24.5 Å². The van der Waals surface area contributed by atoms with Crippen molar-refractivity contribution in [2.45, 2.75) is 398 Å². The fraction of sp³-hybridized carbons (Fsp3) is 0.889. The summed E-state index contributed by atoms with van der Waals surface area (Å²) in [5.41, 5.74) is 0. The van der Waals surface area contributed by atoms with Gasteiger partial charge in [-0.25, -0.2) is 0 Å². The van der Waals surface area contributed by atoms with Gasteiger partial charge in [0, 0.05) is 12.8 Å². The summed E-state index contributed by atoms with van der Waals surface area (Å²) in [4.78, 5) is 24.6. The number of carbonyl (C=O) groups is 2. The van der Waals surface area contributed by atoms with Crippen LogP contribution in [-0.2, 0) is 14.3 Å². The minimum absolute atomic E-state index is 0.0130. The molecule has 1 amide bonds. The van der Waals surface area contributed by atoms with E-state index in [-0.39, 0.29) is 18.5 Å². The van der Waals surface area contributed by atoms with E-state index < -0.39 is 12.1 Å². The molecular weight excluding hydrogens is 959 g/mol. The normalized spacial score (nSPS) is 12.7. The summed E-state index contributed by atoms with van der Waals surface area (Å²) in [5.74, 6) is -0.0581. The maximum atomic E-state index is 12.5. The van der Waals surface area contributed by atoms with Crippen LogP contribution in [0.25, 0.3) is 0 Å². The van der Waals surface area contributed by atoms with E-state index in [1.807, 2.05) is 6.08 Å². The molecule has 2 atom stereocenters.